The van der Waals surface area contributed by atoms with Crippen molar-refractivity contribution >= 4 is 5.91 Å². The molecule has 0 aromatic carbocycles. The first-order chi connectivity index (χ1) is 51.3. The highest BCUT2D eigenvalue weighted by Gasteiger charge is 2.54. The third-order valence-corrected chi connectivity index (χ3v) is 21.7. The van der Waals surface area contributed by atoms with E-state index in [1.165, 1.54) is 257 Å². The minimum atomic E-state index is -1.97. The average Bonchev–Trinajstić information content (AvgIpc) is 0.779. The lowest BCUT2D eigenvalue weighted by Crippen LogP contribution is -2.66. The number of rotatable bonds is 70. The molecule has 17 unspecified atom stereocenters. The van der Waals surface area contributed by atoms with Crippen molar-refractivity contribution in [2.24, 2.45) is 0 Å². The van der Waals surface area contributed by atoms with Crippen molar-refractivity contribution in [1.82, 2.24) is 5.32 Å². The van der Waals surface area contributed by atoms with Crippen molar-refractivity contribution in [3.05, 3.63) is 48.6 Å². The Morgan fingerprint density at radius 2 is 0.657 bits per heavy atom. The van der Waals surface area contributed by atoms with Crippen LogP contribution in [0.25, 0.3) is 0 Å². The molecule has 1 amide bonds. The fourth-order valence-electron chi connectivity index (χ4n) is 14.8. The van der Waals surface area contributed by atoms with E-state index in [9.17, 15) is 61.0 Å². The van der Waals surface area contributed by atoms with Gasteiger partial charge in [-0.3, -0.25) is 4.79 Å². The first-order valence-corrected chi connectivity index (χ1v) is 43.4. The van der Waals surface area contributed by atoms with Crippen LogP contribution in [0.3, 0.4) is 0 Å². The number of ether oxygens (including phenoxy) is 6. The molecule has 19 nitrogen and oxygen atoms in total. The van der Waals surface area contributed by atoms with Gasteiger partial charge < -0.3 is 89.9 Å². The van der Waals surface area contributed by atoms with E-state index in [0.29, 0.717) is 12.8 Å². The molecular formula is C86H159NO18. The molecule has 3 aliphatic heterocycles. The molecule has 0 bridgehead atoms. The number of carbonyl (C=O) groups is 1. The summed E-state index contributed by atoms with van der Waals surface area (Å²) in [6.07, 6.45) is 57.9. The number of hydrogen-bond acceptors (Lipinski definition) is 18. The van der Waals surface area contributed by atoms with Gasteiger partial charge in [0, 0.05) is 6.42 Å². The van der Waals surface area contributed by atoms with E-state index in [4.69, 9.17) is 28.4 Å². The summed E-state index contributed by atoms with van der Waals surface area (Å²) < 4.78 is 34.6. The molecular weight excluding hydrogens is 1330 g/mol. The predicted molar refractivity (Wildman–Crippen MR) is 420 cm³/mol. The van der Waals surface area contributed by atoms with Crippen LogP contribution in [0.5, 0.6) is 0 Å². The number of carbonyl (C=O) groups excluding carboxylic acids is 1. The lowest BCUT2D eigenvalue weighted by atomic mass is 9.96. The normalized spacial score (nSPS) is 26.0. The van der Waals surface area contributed by atoms with E-state index in [0.717, 1.165) is 70.6 Å². The van der Waals surface area contributed by atoms with E-state index in [-0.39, 0.29) is 18.9 Å². The Labute approximate surface area is 637 Å². The van der Waals surface area contributed by atoms with Crippen LogP contribution >= 0.6 is 0 Å². The Morgan fingerprint density at radius 1 is 0.352 bits per heavy atom. The first kappa shape index (κ1) is 96.9. The highest BCUT2D eigenvalue weighted by Crippen LogP contribution is 2.34. The summed E-state index contributed by atoms with van der Waals surface area (Å²) in [4.78, 5) is 13.5. The molecule has 0 aromatic rings. The van der Waals surface area contributed by atoms with Gasteiger partial charge in [-0.25, -0.2) is 0 Å². The number of aliphatic hydroxyl groups is 11. The minimum Gasteiger partial charge on any atom is -0.394 e. The van der Waals surface area contributed by atoms with Crippen LogP contribution in [0.2, 0.25) is 0 Å². The average molecular weight is 1500 g/mol. The van der Waals surface area contributed by atoms with E-state index in [1.54, 1.807) is 0 Å². The number of aliphatic hydroxyl groups excluding tert-OH is 11. The lowest BCUT2D eigenvalue weighted by Gasteiger charge is -2.48. The molecule has 19 heteroatoms. The highest BCUT2D eigenvalue weighted by molar-refractivity contribution is 5.76. The Balaban J connectivity index is 1.31. The Bertz CT molecular complexity index is 2080. The molecule has 3 heterocycles. The fraction of sp³-hybridized carbons (Fsp3) is 0.895. The first-order valence-electron chi connectivity index (χ1n) is 43.4. The number of amides is 1. The zero-order valence-corrected chi connectivity index (χ0v) is 66.2. The van der Waals surface area contributed by atoms with Gasteiger partial charge >= 0.3 is 0 Å². The van der Waals surface area contributed by atoms with E-state index >= 15 is 0 Å². The Kier molecular flexibility index (Phi) is 61.3. The highest BCUT2D eigenvalue weighted by atomic mass is 16.8. The van der Waals surface area contributed by atoms with E-state index in [2.05, 4.69) is 67.8 Å². The van der Waals surface area contributed by atoms with Crippen LogP contribution in [0.4, 0.5) is 0 Å². The number of unbranched alkanes of at least 4 members (excludes halogenated alkanes) is 46. The van der Waals surface area contributed by atoms with Gasteiger partial charge in [0.05, 0.1) is 38.6 Å². The maximum atomic E-state index is 13.5. The second-order valence-electron chi connectivity index (χ2n) is 31.0. The molecule has 12 N–H and O–H groups in total. The van der Waals surface area contributed by atoms with Crippen LogP contribution in [0.1, 0.15) is 361 Å². The van der Waals surface area contributed by atoms with Crippen molar-refractivity contribution in [3.8, 4) is 0 Å². The van der Waals surface area contributed by atoms with Crippen molar-refractivity contribution < 1.29 is 89.4 Å². The molecule has 0 saturated carbocycles. The predicted octanol–water partition coefficient (Wildman–Crippen LogP) is 15.6. The maximum absolute atomic E-state index is 13.5. The summed E-state index contributed by atoms with van der Waals surface area (Å²) in [5.74, 6) is -0.235. The third-order valence-electron chi connectivity index (χ3n) is 21.7. The molecule has 616 valence electrons. The summed E-state index contributed by atoms with van der Waals surface area (Å²) in [6, 6.07) is -0.887. The van der Waals surface area contributed by atoms with Gasteiger partial charge in [-0.1, -0.05) is 351 Å². The smallest absolute Gasteiger partial charge is 0.220 e. The molecule has 3 fully saturated rings. The third kappa shape index (κ3) is 45.8. The van der Waals surface area contributed by atoms with Crippen molar-refractivity contribution in [3.63, 3.8) is 0 Å². The van der Waals surface area contributed by atoms with E-state index in [1.807, 2.05) is 0 Å². The van der Waals surface area contributed by atoms with Gasteiger partial charge in [-0.05, 0) is 51.4 Å². The number of nitrogens with one attached hydrogen (secondary N) is 1. The molecule has 3 rings (SSSR count). The fourth-order valence-corrected chi connectivity index (χ4v) is 14.8. The standard InChI is InChI=1S/C86H159NO18/c1-3-5-7-9-11-13-15-17-19-21-23-25-27-28-29-30-31-32-33-34-35-36-37-38-39-40-42-44-46-48-50-52-54-56-58-60-62-64-74(92)87-69(70(91)63-61-59-57-55-53-51-49-47-45-43-41-26-24-22-20-18-16-14-12-10-8-6-4-2)68-100-84-80(98)77(95)82(72(66-89)102-84)105-86-81(99)78(96)83(73(67-90)103-86)104-85-79(97)76(94)75(93)71(65-88)101-85/h5,7,11,13,17,19,23,25,69-73,75-86,88-91,93-99H,3-4,6,8-10,12,14-16,18,20-22,24,26-68H2,1-2H3,(H,87,92)/b7-5-,13-11-,19-17-,25-23-. The monoisotopic (exact) mass is 1490 g/mol. The summed E-state index contributed by atoms with van der Waals surface area (Å²) in [6.45, 7) is 1.75. The summed E-state index contributed by atoms with van der Waals surface area (Å²) in [5, 5.41) is 121. The molecule has 0 radical (unpaired) electrons. The molecule has 17 atom stereocenters. The van der Waals surface area contributed by atoms with Gasteiger partial charge in [0.25, 0.3) is 0 Å². The summed E-state index contributed by atoms with van der Waals surface area (Å²) >= 11 is 0. The van der Waals surface area contributed by atoms with Gasteiger partial charge in [-0.15, -0.1) is 0 Å². The zero-order chi connectivity index (χ0) is 76.0. The van der Waals surface area contributed by atoms with Crippen molar-refractivity contribution in [2.75, 3.05) is 26.4 Å². The molecule has 0 spiro atoms. The van der Waals surface area contributed by atoms with Crippen molar-refractivity contribution in [1.29, 1.82) is 0 Å². The van der Waals surface area contributed by atoms with Gasteiger partial charge in [0.15, 0.2) is 18.9 Å². The van der Waals surface area contributed by atoms with E-state index < -0.39 is 124 Å². The second kappa shape index (κ2) is 66.4. The molecule has 3 aliphatic rings. The molecule has 3 saturated heterocycles. The molecule has 105 heavy (non-hydrogen) atoms. The lowest BCUT2D eigenvalue weighted by molar-refractivity contribution is -0.379. The topological polar surface area (TPSA) is 307 Å². The number of allylic oxidation sites excluding steroid dienone is 8. The van der Waals surface area contributed by atoms with Gasteiger partial charge in [0.1, 0.15) is 73.2 Å². The van der Waals surface area contributed by atoms with Gasteiger partial charge in [0.2, 0.25) is 5.91 Å². The van der Waals surface area contributed by atoms with Gasteiger partial charge in [-0.2, -0.15) is 0 Å². The second-order valence-corrected chi connectivity index (χ2v) is 31.0. The van der Waals surface area contributed by atoms with Crippen molar-refractivity contribution in [2.45, 2.75) is 465 Å². The molecule has 0 aromatic heterocycles. The SMILES string of the molecule is CC/C=C\C/C=C\C/C=C\C/C=C\CCCCCCCCCCCCCCCCCCCCCCCCCCC(=O)NC(COC1OC(CO)C(OC2OC(CO)C(OC3OC(CO)C(O)C(O)C3O)C(O)C2O)C(O)C1O)C(O)CCCCCCCCCCCCCCCCCCCCCCCCC. The van der Waals surface area contributed by atoms with Crippen LogP contribution < -0.4 is 5.32 Å². The summed E-state index contributed by atoms with van der Waals surface area (Å²) in [5.41, 5.74) is 0. The quantitative estimate of drug-likeness (QED) is 0.0199. The Morgan fingerprint density at radius 3 is 1.03 bits per heavy atom. The minimum absolute atomic E-state index is 0.235. The Hall–Kier alpha value is -2.25. The zero-order valence-electron chi connectivity index (χ0n) is 66.2. The maximum Gasteiger partial charge on any atom is 0.220 e. The largest absolute Gasteiger partial charge is 0.394 e. The van der Waals surface area contributed by atoms with Crippen LogP contribution in [-0.2, 0) is 33.2 Å². The number of hydrogen-bond donors (Lipinski definition) is 12. The van der Waals surface area contributed by atoms with Crippen LogP contribution in [0.15, 0.2) is 48.6 Å². The summed E-state index contributed by atoms with van der Waals surface area (Å²) in [7, 11) is 0. The van der Waals surface area contributed by atoms with Crippen LogP contribution in [-0.4, -0.2) is 193 Å². The van der Waals surface area contributed by atoms with Crippen LogP contribution in [0, 0.1) is 0 Å². The molecule has 0 aliphatic carbocycles.